The summed E-state index contributed by atoms with van der Waals surface area (Å²) in [5.74, 6) is 0.463. The Morgan fingerprint density at radius 3 is 2.33 bits per heavy atom. The molecule has 0 unspecified atom stereocenters. The zero-order valence-corrected chi connectivity index (χ0v) is 15.9. The van der Waals surface area contributed by atoms with E-state index in [4.69, 9.17) is 4.52 Å². The molecule has 0 fully saturated rings. The molecule has 0 saturated carbocycles. The molecule has 3 rings (SSSR count). The highest BCUT2D eigenvalue weighted by Crippen LogP contribution is 2.21. The normalized spacial score (nSPS) is 11.2. The minimum atomic E-state index is -3.76. The molecule has 1 aromatic heterocycles. The van der Waals surface area contributed by atoms with Crippen LogP contribution in [0.5, 0.6) is 0 Å². The van der Waals surface area contributed by atoms with Gasteiger partial charge in [-0.2, -0.15) is 0 Å². The average Bonchev–Trinajstić information content (AvgIpc) is 3.03. The van der Waals surface area contributed by atoms with Crippen molar-refractivity contribution in [1.82, 2.24) is 5.16 Å². The number of anilines is 2. The van der Waals surface area contributed by atoms with Crippen molar-refractivity contribution in [3.63, 3.8) is 0 Å². The summed E-state index contributed by atoms with van der Waals surface area (Å²) in [6, 6.07) is 12.8. The van der Waals surface area contributed by atoms with Gasteiger partial charge in [0.05, 0.1) is 10.6 Å². The summed E-state index contributed by atoms with van der Waals surface area (Å²) in [7, 11) is -3.76. The van der Waals surface area contributed by atoms with Gasteiger partial charge in [-0.3, -0.25) is 9.52 Å². The van der Waals surface area contributed by atoms with E-state index in [0.29, 0.717) is 22.8 Å². The minimum absolute atomic E-state index is 0.0669. The van der Waals surface area contributed by atoms with Gasteiger partial charge in [0, 0.05) is 11.6 Å². The van der Waals surface area contributed by atoms with Crippen LogP contribution in [-0.4, -0.2) is 19.5 Å². The van der Waals surface area contributed by atoms with E-state index in [2.05, 4.69) is 15.2 Å². The first kappa shape index (κ1) is 18.7. The minimum Gasteiger partial charge on any atom is -0.360 e. The summed E-state index contributed by atoms with van der Waals surface area (Å²) in [5.41, 5.74) is 2.61. The Kier molecular flexibility index (Phi) is 5.00. The number of carbonyl (C=O) groups is 1. The van der Waals surface area contributed by atoms with Gasteiger partial charge in [-0.1, -0.05) is 17.3 Å². The van der Waals surface area contributed by atoms with Gasteiger partial charge in [-0.05, 0) is 62.2 Å². The lowest BCUT2D eigenvalue weighted by Gasteiger charge is -2.11. The smallest absolute Gasteiger partial charge is 0.261 e. The van der Waals surface area contributed by atoms with E-state index in [-0.39, 0.29) is 4.90 Å². The number of benzene rings is 2. The van der Waals surface area contributed by atoms with E-state index >= 15 is 0 Å². The van der Waals surface area contributed by atoms with E-state index < -0.39 is 15.9 Å². The number of amides is 1. The Bertz CT molecular complexity index is 1090. The largest absolute Gasteiger partial charge is 0.360 e. The van der Waals surface area contributed by atoms with Gasteiger partial charge in [0.2, 0.25) is 0 Å². The van der Waals surface area contributed by atoms with Crippen LogP contribution in [0.25, 0.3) is 0 Å². The van der Waals surface area contributed by atoms with Crippen LogP contribution in [0.1, 0.15) is 27.2 Å². The summed E-state index contributed by atoms with van der Waals surface area (Å²) in [6.45, 7) is 5.43. The van der Waals surface area contributed by atoms with Crippen LogP contribution < -0.4 is 10.0 Å². The molecule has 0 aliphatic heterocycles. The number of aromatic nitrogens is 1. The summed E-state index contributed by atoms with van der Waals surface area (Å²) >= 11 is 0. The number of hydrogen-bond acceptors (Lipinski definition) is 5. The van der Waals surface area contributed by atoms with Crippen molar-refractivity contribution >= 4 is 27.4 Å². The van der Waals surface area contributed by atoms with E-state index in [1.807, 2.05) is 26.0 Å². The molecular weight excluding hydrogens is 366 g/mol. The second kappa shape index (κ2) is 7.24. The zero-order chi connectivity index (χ0) is 19.6. The number of sulfonamides is 1. The summed E-state index contributed by atoms with van der Waals surface area (Å²) in [6.07, 6.45) is 0. The maximum absolute atomic E-state index is 12.6. The van der Waals surface area contributed by atoms with E-state index in [9.17, 15) is 13.2 Å². The lowest BCUT2D eigenvalue weighted by atomic mass is 10.1. The molecule has 0 bridgehead atoms. The highest BCUT2D eigenvalue weighted by Gasteiger charge is 2.17. The molecular formula is C19H19N3O4S. The van der Waals surface area contributed by atoms with Crippen molar-refractivity contribution in [2.24, 2.45) is 0 Å². The molecule has 1 amide bonds. The van der Waals surface area contributed by atoms with Crippen molar-refractivity contribution in [2.45, 2.75) is 25.7 Å². The second-order valence-corrected chi connectivity index (χ2v) is 7.91. The first-order chi connectivity index (χ1) is 12.7. The van der Waals surface area contributed by atoms with E-state index in [1.54, 1.807) is 19.1 Å². The Labute approximate surface area is 157 Å². The first-order valence-electron chi connectivity index (χ1n) is 8.19. The number of nitrogens with zero attached hydrogens (tertiary/aromatic N) is 1. The number of aryl methyl sites for hydroxylation is 3. The van der Waals surface area contributed by atoms with Crippen LogP contribution in [0.2, 0.25) is 0 Å². The van der Waals surface area contributed by atoms with Gasteiger partial charge in [-0.25, -0.2) is 8.42 Å². The number of nitrogens with one attached hydrogen (secondary N) is 2. The fraction of sp³-hybridized carbons (Fsp3) is 0.158. The van der Waals surface area contributed by atoms with Crippen molar-refractivity contribution in [2.75, 3.05) is 10.0 Å². The fourth-order valence-corrected chi connectivity index (χ4v) is 3.57. The molecule has 0 atom stereocenters. The topological polar surface area (TPSA) is 101 Å². The Hall–Kier alpha value is -3.13. The van der Waals surface area contributed by atoms with Gasteiger partial charge < -0.3 is 9.84 Å². The second-order valence-electron chi connectivity index (χ2n) is 6.23. The Balaban J connectivity index is 1.77. The molecule has 3 aromatic rings. The van der Waals surface area contributed by atoms with Crippen LogP contribution in [0, 0.1) is 20.8 Å². The predicted octanol–water partition coefficient (Wildman–Crippen LogP) is 3.65. The van der Waals surface area contributed by atoms with Gasteiger partial charge in [-0.15, -0.1) is 0 Å². The van der Waals surface area contributed by atoms with Crippen LogP contribution in [0.15, 0.2) is 57.9 Å². The van der Waals surface area contributed by atoms with Gasteiger partial charge in [0.1, 0.15) is 5.76 Å². The Morgan fingerprint density at radius 2 is 1.70 bits per heavy atom. The molecule has 2 aromatic carbocycles. The third kappa shape index (κ3) is 4.35. The molecule has 1 heterocycles. The molecule has 0 saturated heterocycles. The molecule has 0 aliphatic carbocycles. The zero-order valence-electron chi connectivity index (χ0n) is 15.1. The average molecular weight is 385 g/mol. The number of rotatable bonds is 5. The number of carbonyl (C=O) groups excluding carboxylic acids is 1. The first-order valence-corrected chi connectivity index (χ1v) is 9.68. The van der Waals surface area contributed by atoms with Crippen molar-refractivity contribution in [3.05, 3.63) is 71.0 Å². The molecule has 0 radical (unpaired) electrons. The summed E-state index contributed by atoms with van der Waals surface area (Å²) in [5, 5.41) is 6.27. The summed E-state index contributed by atoms with van der Waals surface area (Å²) < 4.78 is 32.7. The maximum atomic E-state index is 12.6. The van der Waals surface area contributed by atoms with Crippen molar-refractivity contribution in [3.8, 4) is 0 Å². The third-order valence-electron chi connectivity index (χ3n) is 3.93. The molecule has 0 spiro atoms. The van der Waals surface area contributed by atoms with Crippen LogP contribution in [0.3, 0.4) is 0 Å². The summed E-state index contributed by atoms with van der Waals surface area (Å²) in [4.78, 5) is 12.3. The van der Waals surface area contributed by atoms with Crippen LogP contribution in [0.4, 0.5) is 11.5 Å². The van der Waals surface area contributed by atoms with Crippen molar-refractivity contribution < 1.29 is 17.7 Å². The molecule has 140 valence electrons. The fourth-order valence-electron chi connectivity index (χ4n) is 2.45. The molecule has 7 nitrogen and oxygen atoms in total. The maximum Gasteiger partial charge on any atom is 0.261 e. The standard InChI is InChI=1S/C19H19N3O4S/c1-12-4-5-13(2)17(10-12)22-27(24,25)16-8-6-15(7-9-16)19(23)20-18-11-14(3)26-21-18/h4-11,22H,1-3H3,(H,20,21,23). The predicted molar refractivity (Wildman–Crippen MR) is 102 cm³/mol. The quantitative estimate of drug-likeness (QED) is 0.698. The van der Waals surface area contributed by atoms with Crippen molar-refractivity contribution in [1.29, 1.82) is 0 Å². The highest BCUT2D eigenvalue weighted by molar-refractivity contribution is 7.92. The van der Waals surface area contributed by atoms with E-state index in [1.165, 1.54) is 24.3 Å². The van der Waals surface area contributed by atoms with Gasteiger partial charge >= 0.3 is 0 Å². The van der Waals surface area contributed by atoms with Crippen LogP contribution in [-0.2, 0) is 10.0 Å². The van der Waals surface area contributed by atoms with Gasteiger partial charge in [0.15, 0.2) is 5.82 Å². The molecule has 8 heteroatoms. The van der Waals surface area contributed by atoms with E-state index in [0.717, 1.165) is 11.1 Å². The molecule has 2 N–H and O–H groups in total. The lowest BCUT2D eigenvalue weighted by Crippen LogP contribution is -2.15. The molecule has 27 heavy (non-hydrogen) atoms. The van der Waals surface area contributed by atoms with Crippen LogP contribution >= 0.6 is 0 Å². The third-order valence-corrected chi connectivity index (χ3v) is 5.32. The highest BCUT2D eigenvalue weighted by atomic mass is 32.2. The SMILES string of the molecule is Cc1ccc(C)c(NS(=O)(=O)c2ccc(C(=O)Nc3cc(C)on3)cc2)c1. The Morgan fingerprint density at radius 1 is 1.00 bits per heavy atom. The number of hydrogen-bond donors (Lipinski definition) is 2. The molecule has 0 aliphatic rings. The lowest BCUT2D eigenvalue weighted by molar-refractivity contribution is 0.102. The van der Waals surface area contributed by atoms with Gasteiger partial charge in [0.25, 0.3) is 15.9 Å². The monoisotopic (exact) mass is 385 g/mol.